The van der Waals surface area contributed by atoms with Crippen LogP contribution < -0.4 is 4.90 Å². The lowest BCUT2D eigenvalue weighted by molar-refractivity contribution is -0.121. The third-order valence-electron chi connectivity index (χ3n) is 5.04. The number of furan rings is 1. The average molecular weight is 445 g/mol. The molecule has 2 aromatic carbocycles. The number of carbonyl (C=O) groups excluding carboxylic acids is 2. The minimum absolute atomic E-state index is 0.0647. The number of fused-ring (bicyclic) bond motifs is 3. The minimum Gasteiger partial charge on any atom is -0.456 e. The van der Waals surface area contributed by atoms with Crippen molar-refractivity contribution in [2.45, 2.75) is 31.3 Å². The molecule has 3 aromatic rings. The first-order valence-corrected chi connectivity index (χ1v) is 11.8. The first-order chi connectivity index (χ1) is 14.4. The van der Waals surface area contributed by atoms with E-state index in [2.05, 4.69) is 0 Å². The lowest BCUT2D eigenvalue weighted by Crippen LogP contribution is -2.53. The molecular formula is C22H24N2O6S. The molecule has 1 aliphatic rings. The third-order valence-corrected chi connectivity index (χ3v) is 6.15. The summed E-state index contributed by atoms with van der Waals surface area (Å²) in [6.45, 7) is 5.97. The smallest absolute Gasteiger partial charge is 0.410 e. The van der Waals surface area contributed by atoms with E-state index in [1.54, 1.807) is 49.9 Å². The summed E-state index contributed by atoms with van der Waals surface area (Å²) in [7, 11) is -3.33. The van der Waals surface area contributed by atoms with Crippen LogP contribution in [0.25, 0.3) is 21.9 Å². The Morgan fingerprint density at radius 1 is 1.03 bits per heavy atom. The van der Waals surface area contributed by atoms with E-state index < -0.39 is 21.5 Å². The van der Waals surface area contributed by atoms with Gasteiger partial charge >= 0.3 is 6.09 Å². The van der Waals surface area contributed by atoms with Gasteiger partial charge in [0, 0.05) is 41.9 Å². The van der Waals surface area contributed by atoms with Crippen LogP contribution >= 0.6 is 0 Å². The number of piperazine rings is 1. The van der Waals surface area contributed by atoms with Crippen LogP contribution in [-0.2, 0) is 19.4 Å². The largest absolute Gasteiger partial charge is 0.456 e. The second kappa shape index (κ2) is 7.26. The fourth-order valence-corrected chi connectivity index (χ4v) is 4.22. The Balaban J connectivity index is 1.60. The minimum atomic E-state index is -3.33. The number of hydrogen-bond donors (Lipinski definition) is 0. The lowest BCUT2D eigenvalue weighted by Gasteiger charge is -2.35. The highest BCUT2D eigenvalue weighted by Gasteiger charge is 2.31. The summed E-state index contributed by atoms with van der Waals surface area (Å²) in [5, 5.41) is 1.47. The molecule has 0 radical (unpaired) electrons. The molecule has 31 heavy (non-hydrogen) atoms. The maximum absolute atomic E-state index is 12.7. The Morgan fingerprint density at radius 3 is 2.42 bits per heavy atom. The summed E-state index contributed by atoms with van der Waals surface area (Å²) in [6, 6.07) is 10.1. The van der Waals surface area contributed by atoms with E-state index in [0.717, 1.165) is 11.6 Å². The van der Waals surface area contributed by atoms with Crippen molar-refractivity contribution in [1.29, 1.82) is 0 Å². The van der Waals surface area contributed by atoms with Crippen LogP contribution in [0.4, 0.5) is 10.5 Å². The molecule has 0 aliphatic carbocycles. The first kappa shape index (κ1) is 21.2. The average Bonchev–Trinajstić information content (AvgIpc) is 3.02. The number of sulfone groups is 1. The number of anilines is 1. The van der Waals surface area contributed by atoms with Crippen LogP contribution in [-0.4, -0.2) is 56.8 Å². The topological polar surface area (TPSA) is 97.1 Å². The van der Waals surface area contributed by atoms with Gasteiger partial charge in [-0.05, 0) is 51.1 Å². The molecule has 9 heteroatoms. The molecule has 1 aliphatic heterocycles. The molecule has 0 N–H and O–H groups in total. The van der Waals surface area contributed by atoms with Crippen LogP contribution in [0.3, 0.4) is 0 Å². The van der Waals surface area contributed by atoms with Crippen molar-refractivity contribution in [2.75, 3.05) is 30.8 Å². The molecule has 8 nitrogen and oxygen atoms in total. The Hall–Kier alpha value is -3.07. The van der Waals surface area contributed by atoms with Crippen LogP contribution in [0.15, 0.2) is 45.7 Å². The second-order valence-electron chi connectivity index (χ2n) is 8.66. The number of amides is 2. The zero-order valence-corrected chi connectivity index (χ0v) is 18.7. The number of benzene rings is 2. The van der Waals surface area contributed by atoms with Crippen molar-refractivity contribution >= 4 is 49.5 Å². The van der Waals surface area contributed by atoms with Gasteiger partial charge in [0.15, 0.2) is 9.84 Å². The molecule has 4 rings (SSSR count). The van der Waals surface area contributed by atoms with E-state index in [0.29, 0.717) is 35.3 Å². The fourth-order valence-electron chi connectivity index (χ4n) is 3.57. The molecule has 2 heterocycles. The normalized spacial score (nSPS) is 15.7. The van der Waals surface area contributed by atoms with E-state index in [4.69, 9.17) is 9.15 Å². The molecule has 1 fully saturated rings. The summed E-state index contributed by atoms with van der Waals surface area (Å²) in [5.74, 6) is -0.216. The van der Waals surface area contributed by atoms with Crippen molar-refractivity contribution < 1.29 is 27.2 Å². The molecule has 0 bridgehead atoms. The van der Waals surface area contributed by atoms with Gasteiger partial charge < -0.3 is 14.1 Å². The third kappa shape index (κ3) is 4.23. The maximum atomic E-state index is 12.7. The standard InChI is InChI=1S/C22H24N2O6S/c1-22(2,3)30-21(26)23-9-10-24(20(25)13-23)14-5-7-16-17-12-15(31(4,27)28)6-8-18(17)29-19(16)11-14/h5-8,11-12H,9-10,13H2,1-4H3. The summed E-state index contributed by atoms with van der Waals surface area (Å²) in [5.41, 5.74) is 1.16. The molecule has 164 valence electrons. The van der Waals surface area contributed by atoms with Gasteiger partial charge in [0.05, 0.1) is 4.90 Å². The monoisotopic (exact) mass is 444 g/mol. The van der Waals surface area contributed by atoms with Gasteiger partial charge in [0.25, 0.3) is 0 Å². The SMILES string of the molecule is CC(C)(C)OC(=O)N1CCN(c2ccc3c(c2)oc2ccc(S(C)(=O)=O)cc23)C(=O)C1. The van der Waals surface area contributed by atoms with Gasteiger partial charge in [-0.2, -0.15) is 0 Å². The summed E-state index contributed by atoms with van der Waals surface area (Å²) in [4.78, 5) is 28.2. The lowest BCUT2D eigenvalue weighted by atomic mass is 10.1. The zero-order valence-electron chi connectivity index (χ0n) is 17.8. The molecule has 0 atom stereocenters. The van der Waals surface area contributed by atoms with Gasteiger partial charge in [-0.3, -0.25) is 9.69 Å². The molecule has 2 amide bonds. The predicted octanol–water partition coefficient (Wildman–Crippen LogP) is 3.57. The van der Waals surface area contributed by atoms with Gasteiger partial charge in [0.2, 0.25) is 5.91 Å². The van der Waals surface area contributed by atoms with Crippen LogP contribution in [0.1, 0.15) is 20.8 Å². The van der Waals surface area contributed by atoms with E-state index >= 15 is 0 Å². The van der Waals surface area contributed by atoms with Crippen molar-refractivity contribution in [2.24, 2.45) is 0 Å². The van der Waals surface area contributed by atoms with Crippen molar-refractivity contribution in [3.05, 3.63) is 36.4 Å². The fraction of sp³-hybridized carbons (Fsp3) is 0.364. The summed E-state index contributed by atoms with van der Waals surface area (Å²) >= 11 is 0. The Bertz CT molecular complexity index is 1300. The van der Waals surface area contributed by atoms with E-state index in [1.165, 1.54) is 11.0 Å². The highest BCUT2D eigenvalue weighted by atomic mass is 32.2. The zero-order chi connectivity index (χ0) is 22.6. The van der Waals surface area contributed by atoms with Crippen LogP contribution in [0, 0.1) is 0 Å². The number of carbonyl (C=O) groups is 2. The second-order valence-corrected chi connectivity index (χ2v) is 10.7. The molecule has 1 aromatic heterocycles. The highest BCUT2D eigenvalue weighted by molar-refractivity contribution is 7.90. The molecule has 0 unspecified atom stereocenters. The van der Waals surface area contributed by atoms with Gasteiger partial charge in [0.1, 0.15) is 23.3 Å². The number of rotatable bonds is 2. The highest BCUT2D eigenvalue weighted by Crippen LogP contribution is 2.33. The van der Waals surface area contributed by atoms with E-state index in [-0.39, 0.29) is 17.3 Å². The van der Waals surface area contributed by atoms with Crippen molar-refractivity contribution in [3.8, 4) is 0 Å². The van der Waals surface area contributed by atoms with Crippen LogP contribution in [0.5, 0.6) is 0 Å². The first-order valence-electron chi connectivity index (χ1n) is 9.87. The predicted molar refractivity (Wildman–Crippen MR) is 117 cm³/mol. The number of ether oxygens (including phenoxy) is 1. The molecule has 0 spiro atoms. The maximum Gasteiger partial charge on any atom is 0.410 e. The van der Waals surface area contributed by atoms with E-state index in [9.17, 15) is 18.0 Å². The Morgan fingerprint density at radius 2 is 1.77 bits per heavy atom. The summed E-state index contributed by atoms with van der Waals surface area (Å²) in [6.07, 6.45) is 0.659. The Kier molecular flexibility index (Phi) is 4.96. The van der Waals surface area contributed by atoms with Gasteiger partial charge in [-0.1, -0.05) is 0 Å². The summed E-state index contributed by atoms with van der Waals surface area (Å²) < 4.78 is 35.0. The van der Waals surface area contributed by atoms with E-state index in [1.807, 2.05) is 6.07 Å². The van der Waals surface area contributed by atoms with Crippen LogP contribution in [0.2, 0.25) is 0 Å². The van der Waals surface area contributed by atoms with Gasteiger partial charge in [-0.15, -0.1) is 0 Å². The number of hydrogen-bond acceptors (Lipinski definition) is 6. The molecular weight excluding hydrogens is 420 g/mol. The Labute approximate surface area is 180 Å². The van der Waals surface area contributed by atoms with Gasteiger partial charge in [-0.25, -0.2) is 13.2 Å². The number of nitrogens with zero attached hydrogens (tertiary/aromatic N) is 2. The quantitative estimate of drug-likeness (QED) is 0.599. The van der Waals surface area contributed by atoms with Crippen molar-refractivity contribution in [1.82, 2.24) is 4.90 Å². The van der Waals surface area contributed by atoms with Crippen molar-refractivity contribution in [3.63, 3.8) is 0 Å². The molecule has 1 saturated heterocycles. The molecule has 0 saturated carbocycles.